The standard InChI is InChI=1S/C25H47N3/c1-21(2)5-6-24(7-8-24)20-27-11-9-25(10-12-27)17-23(18-25)19-26-13-15-28(16-14-26)22(3)4/h21-23H,5-20H2,1-4H3. The van der Waals surface area contributed by atoms with Crippen LogP contribution < -0.4 is 0 Å². The van der Waals surface area contributed by atoms with Crippen molar-refractivity contribution in [2.24, 2.45) is 22.7 Å². The summed E-state index contributed by atoms with van der Waals surface area (Å²) < 4.78 is 0. The number of rotatable bonds is 8. The summed E-state index contributed by atoms with van der Waals surface area (Å²) in [5.41, 5.74) is 1.48. The van der Waals surface area contributed by atoms with Gasteiger partial charge in [0.25, 0.3) is 0 Å². The van der Waals surface area contributed by atoms with Crippen molar-refractivity contribution >= 4 is 0 Å². The number of likely N-dealkylation sites (tertiary alicyclic amines) is 1. The molecular weight excluding hydrogens is 342 g/mol. The predicted molar refractivity (Wildman–Crippen MR) is 120 cm³/mol. The quantitative estimate of drug-likeness (QED) is 0.595. The zero-order valence-electron chi connectivity index (χ0n) is 19.4. The molecule has 3 heteroatoms. The van der Waals surface area contributed by atoms with Crippen molar-refractivity contribution in [1.82, 2.24) is 14.7 Å². The maximum absolute atomic E-state index is 2.84. The Morgan fingerprint density at radius 2 is 1.43 bits per heavy atom. The molecule has 4 rings (SSSR count). The lowest BCUT2D eigenvalue weighted by Crippen LogP contribution is -2.53. The Hall–Kier alpha value is -0.120. The van der Waals surface area contributed by atoms with Gasteiger partial charge in [-0.05, 0) is 94.5 Å². The number of piperidine rings is 1. The molecule has 28 heavy (non-hydrogen) atoms. The van der Waals surface area contributed by atoms with Gasteiger partial charge < -0.3 is 9.80 Å². The number of piperazine rings is 1. The van der Waals surface area contributed by atoms with Gasteiger partial charge in [0, 0.05) is 45.3 Å². The maximum Gasteiger partial charge on any atom is 0.0113 e. The number of nitrogens with zero attached hydrogens (tertiary/aromatic N) is 3. The monoisotopic (exact) mass is 389 g/mol. The summed E-state index contributed by atoms with van der Waals surface area (Å²) in [6, 6.07) is 0.722. The van der Waals surface area contributed by atoms with Crippen molar-refractivity contribution in [2.45, 2.75) is 85.1 Å². The topological polar surface area (TPSA) is 9.72 Å². The van der Waals surface area contributed by atoms with E-state index in [1.54, 1.807) is 0 Å². The zero-order chi connectivity index (χ0) is 19.8. The summed E-state index contributed by atoms with van der Waals surface area (Å²) in [4.78, 5) is 8.25. The second kappa shape index (κ2) is 8.55. The van der Waals surface area contributed by atoms with Crippen molar-refractivity contribution < 1.29 is 0 Å². The summed E-state index contributed by atoms with van der Waals surface area (Å²) in [5.74, 6) is 1.88. The highest BCUT2D eigenvalue weighted by atomic mass is 15.3. The summed E-state index contributed by atoms with van der Waals surface area (Å²) in [6.07, 6.45) is 12.0. The van der Waals surface area contributed by atoms with Crippen LogP contribution in [0.3, 0.4) is 0 Å². The van der Waals surface area contributed by atoms with Crippen LogP contribution in [0.4, 0.5) is 0 Å². The first kappa shape index (κ1) is 21.1. The molecule has 162 valence electrons. The lowest BCUT2D eigenvalue weighted by Gasteiger charge is -2.54. The normalized spacial score (nSPS) is 28.9. The van der Waals surface area contributed by atoms with E-state index < -0.39 is 0 Å². The Kier molecular flexibility index (Phi) is 6.45. The Morgan fingerprint density at radius 1 is 0.786 bits per heavy atom. The van der Waals surface area contributed by atoms with Gasteiger partial charge in [-0.3, -0.25) is 4.90 Å². The van der Waals surface area contributed by atoms with Gasteiger partial charge in [-0.15, -0.1) is 0 Å². The van der Waals surface area contributed by atoms with Crippen molar-refractivity contribution in [2.75, 3.05) is 52.4 Å². The van der Waals surface area contributed by atoms with Crippen molar-refractivity contribution in [3.05, 3.63) is 0 Å². The zero-order valence-corrected chi connectivity index (χ0v) is 19.4. The Morgan fingerprint density at radius 3 is 1.96 bits per heavy atom. The summed E-state index contributed by atoms with van der Waals surface area (Å²) in [7, 11) is 0. The summed E-state index contributed by atoms with van der Waals surface area (Å²) in [6.45, 7) is 20.2. The highest BCUT2D eigenvalue weighted by molar-refractivity contribution is 5.01. The van der Waals surface area contributed by atoms with E-state index in [2.05, 4.69) is 42.4 Å². The molecule has 2 aliphatic carbocycles. The fourth-order valence-corrected chi connectivity index (χ4v) is 6.45. The van der Waals surface area contributed by atoms with E-state index in [-0.39, 0.29) is 0 Å². The third kappa shape index (κ3) is 5.13. The van der Waals surface area contributed by atoms with Gasteiger partial charge in [0.2, 0.25) is 0 Å². The first-order chi connectivity index (χ1) is 13.4. The van der Waals surface area contributed by atoms with Gasteiger partial charge in [-0.2, -0.15) is 0 Å². The van der Waals surface area contributed by atoms with Crippen LogP contribution in [0.1, 0.15) is 79.1 Å². The van der Waals surface area contributed by atoms with E-state index >= 15 is 0 Å². The Bertz CT molecular complexity index is 486. The van der Waals surface area contributed by atoms with Gasteiger partial charge >= 0.3 is 0 Å². The molecule has 3 nitrogen and oxygen atoms in total. The lowest BCUT2D eigenvalue weighted by atomic mass is 9.57. The predicted octanol–water partition coefficient (Wildman–Crippen LogP) is 4.72. The van der Waals surface area contributed by atoms with E-state index in [9.17, 15) is 0 Å². The summed E-state index contributed by atoms with van der Waals surface area (Å²) in [5, 5.41) is 0. The second-order valence-corrected chi connectivity index (χ2v) is 11.9. The Balaban J connectivity index is 1.13. The maximum atomic E-state index is 2.84. The van der Waals surface area contributed by atoms with E-state index in [0.29, 0.717) is 0 Å². The Labute approximate surface area is 175 Å². The van der Waals surface area contributed by atoms with Crippen LogP contribution in [0.25, 0.3) is 0 Å². The average molecular weight is 390 g/mol. The molecule has 4 fully saturated rings. The van der Waals surface area contributed by atoms with E-state index in [4.69, 9.17) is 0 Å². The third-order valence-corrected chi connectivity index (χ3v) is 8.78. The van der Waals surface area contributed by atoms with Gasteiger partial charge in [-0.25, -0.2) is 0 Å². The largest absolute Gasteiger partial charge is 0.303 e. The first-order valence-electron chi connectivity index (χ1n) is 12.6. The van der Waals surface area contributed by atoms with E-state index in [1.165, 1.54) is 104 Å². The number of hydrogen-bond donors (Lipinski definition) is 0. The fraction of sp³-hybridized carbons (Fsp3) is 1.00. The molecule has 0 radical (unpaired) electrons. The molecule has 0 atom stereocenters. The fourth-order valence-electron chi connectivity index (χ4n) is 6.45. The highest BCUT2D eigenvalue weighted by Crippen LogP contribution is 2.55. The van der Waals surface area contributed by atoms with Crippen molar-refractivity contribution in [1.29, 1.82) is 0 Å². The molecule has 2 saturated carbocycles. The molecule has 0 unspecified atom stereocenters. The molecule has 0 aromatic rings. The third-order valence-electron chi connectivity index (χ3n) is 8.78. The average Bonchev–Trinajstić information content (AvgIpc) is 3.41. The van der Waals surface area contributed by atoms with Crippen LogP contribution in [0, 0.1) is 22.7 Å². The molecule has 0 aromatic carbocycles. The molecular formula is C25H47N3. The molecule has 0 N–H and O–H groups in total. The van der Waals surface area contributed by atoms with Crippen molar-refractivity contribution in [3.63, 3.8) is 0 Å². The van der Waals surface area contributed by atoms with Gasteiger partial charge in [0.05, 0.1) is 0 Å². The molecule has 0 amide bonds. The minimum Gasteiger partial charge on any atom is -0.303 e. The first-order valence-corrected chi connectivity index (χ1v) is 12.6. The number of hydrogen-bond acceptors (Lipinski definition) is 3. The van der Waals surface area contributed by atoms with E-state index in [1.807, 2.05) is 0 Å². The minimum atomic E-state index is 0.722. The van der Waals surface area contributed by atoms with Gasteiger partial charge in [0.1, 0.15) is 0 Å². The van der Waals surface area contributed by atoms with Crippen LogP contribution >= 0.6 is 0 Å². The summed E-state index contributed by atoms with van der Waals surface area (Å²) >= 11 is 0. The lowest BCUT2D eigenvalue weighted by molar-refractivity contribution is -0.0351. The molecule has 2 aliphatic heterocycles. The smallest absolute Gasteiger partial charge is 0.0113 e. The van der Waals surface area contributed by atoms with Crippen LogP contribution in [0.5, 0.6) is 0 Å². The van der Waals surface area contributed by atoms with Gasteiger partial charge in [-0.1, -0.05) is 20.3 Å². The van der Waals surface area contributed by atoms with E-state index in [0.717, 1.165) is 28.7 Å². The molecule has 2 heterocycles. The molecule has 1 spiro atoms. The van der Waals surface area contributed by atoms with Crippen LogP contribution in [-0.4, -0.2) is 73.1 Å². The van der Waals surface area contributed by atoms with Crippen LogP contribution in [0.15, 0.2) is 0 Å². The molecule has 0 aromatic heterocycles. The highest BCUT2D eigenvalue weighted by Gasteiger charge is 2.48. The van der Waals surface area contributed by atoms with Crippen LogP contribution in [0.2, 0.25) is 0 Å². The van der Waals surface area contributed by atoms with Crippen molar-refractivity contribution in [3.8, 4) is 0 Å². The molecule has 2 saturated heterocycles. The SMILES string of the molecule is CC(C)CCC1(CN2CCC3(CC2)CC(CN2CCN(C(C)C)CC2)C3)CC1. The van der Waals surface area contributed by atoms with Crippen LogP contribution in [-0.2, 0) is 0 Å². The van der Waals surface area contributed by atoms with Gasteiger partial charge in [0.15, 0.2) is 0 Å². The minimum absolute atomic E-state index is 0.722. The second-order valence-electron chi connectivity index (χ2n) is 11.9. The molecule has 0 bridgehead atoms. The molecule has 4 aliphatic rings.